The summed E-state index contributed by atoms with van der Waals surface area (Å²) in [7, 11) is 0. The van der Waals surface area contributed by atoms with Gasteiger partial charge in [0.1, 0.15) is 17.1 Å². The molecule has 8 nitrogen and oxygen atoms in total. The van der Waals surface area contributed by atoms with Gasteiger partial charge in [0.05, 0.1) is 17.8 Å². The van der Waals surface area contributed by atoms with Crippen LogP contribution in [0.1, 0.15) is 62.2 Å². The van der Waals surface area contributed by atoms with Gasteiger partial charge in [-0.25, -0.2) is 14.8 Å². The van der Waals surface area contributed by atoms with Crippen molar-refractivity contribution in [3.8, 4) is 0 Å². The Hall–Kier alpha value is -3.50. The van der Waals surface area contributed by atoms with Crippen molar-refractivity contribution in [1.82, 2.24) is 24.4 Å². The van der Waals surface area contributed by atoms with Gasteiger partial charge < -0.3 is 9.64 Å². The average Bonchev–Trinajstić information content (AvgIpc) is 2.79. The summed E-state index contributed by atoms with van der Waals surface area (Å²) in [6.07, 6.45) is -1.14. The van der Waals surface area contributed by atoms with Crippen LogP contribution in [0.4, 0.5) is 18.0 Å². The van der Waals surface area contributed by atoms with Crippen LogP contribution in [0, 0.1) is 6.92 Å². The number of piperidine rings is 1. The van der Waals surface area contributed by atoms with Crippen LogP contribution < -0.4 is 5.56 Å². The van der Waals surface area contributed by atoms with Gasteiger partial charge in [0.2, 0.25) is 0 Å². The van der Waals surface area contributed by atoms with E-state index in [1.165, 1.54) is 16.8 Å². The van der Waals surface area contributed by atoms with Crippen molar-refractivity contribution < 1.29 is 22.7 Å². The van der Waals surface area contributed by atoms with Gasteiger partial charge in [0.15, 0.2) is 0 Å². The maximum absolute atomic E-state index is 13.7. The molecular weight excluding hydrogens is 475 g/mol. The van der Waals surface area contributed by atoms with Crippen LogP contribution in [-0.2, 0) is 17.5 Å². The van der Waals surface area contributed by atoms with Crippen molar-refractivity contribution >= 4 is 17.1 Å². The molecular formula is C25H28F3N5O3. The van der Waals surface area contributed by atoms with E-state index in [2.05, 4.69) is 15.0 Å². The lowest BCUT2D eigenvalue weighted by Gasteiger charge is -2.33. The Morgan fingerprint density at radius 1 is 1.17 bits per heavy atom. The standard InChI is InChI=1S/C25H28F3N5O3/c1-15-30-13-17-12-18(16-7-10-32(11-8-16)23(35)36-24(2,3)4)22(34)33(21(17)31-15)14-20-19(25(26,27)28)6-5-9-29-20/h5-6,9,12-13,16H,7-8,10-11,14H2,1-4H3. The highest BCUT2D eigenvalue weighted by atomic mass is 19.4. The molecule has 0 N–H and O–H groups in total. The smallest absolute Gasteiger partial charge is 0.418 e. The van der Waals surface area contributed by atoms with Gasteiger partial charge >= 0.3 is 12.3 Å². The molecule has 0 spiro atoms. The highest BCUT2D eigenvalue weighted by Gasteiger charge is 2.34. The minimum Gasteiger partial charge on any atom is -0.444 e. The van der Waals surface area contributed by atoms with Gasteiger partial charge in [-0.1, -0.05) is 0 Å². The Balaban J connectivity index is 1.70. The number of rotatable bonds is 3. The van der Waals surface area contributed by atoms with Gasteiger partial charge in [0, 0.05) is 36.4 Å². The molecule has 0 atom stereocenters. The van der Waals surface area contributed by atoms with Gasteiger partial charge in [-0.2, -0.15) is 13.2 Å². The molecule has 192 valence electrons. The summed E-state index contributed by atoms with van der Waals surface area (Å²) in [6, 6.07) is 3.88. The molecule has 0 radical (unpaired) electrons. The summed E-state index contributed by atoms with van der Waals surface area (Å²) in [4.78, 5) is 40.2. The molecule has 0 aromatic carbocycles. The Bertz CT molecular complexity index is 1340. The third-order valence-corrected chi connectivity index (χ3v) is 6.07. The molecule has 0 saturated carbocycles. The number of halogens is 3. The molecule has 0 bridgehead atoms. The maximum Gasteiger partial charge on any atom is 0.418 e. The van der Waals surface area contributed by atoms with Crippen LogP contribution in [0.5, 0.6) is 0 Å². The second-order valence-corrected chi connectivity index (χ2v) is 9.92. The van der Waals surface area contributed by atoms with Crippen molar-refractivity contribution in [3.63, 3.8) is 0 Å². The molecule has 3 aromatic rings. The van der Waals surface area contributed by atoms with Crippen molar-refractivity contribution in [2.75, 3.05) is 13.1 Å². The number of fused-ring (bicyclic) bond motifs is 1. The molecule has 1 fully saturated rings. The average molecular weight is 504 g/mol. The zero-order valence-corrected chi connectivity index (χ0v) is 20.6. The molecule has 1 aliphatic heterocycles. The zero-order valence-electron chi connectivity index (χ0n) is 20.6. The van der Waals surface area contributed by atoms with E-state index in [0.29, 0.717) is 42.7 Å². The Kier molecular flexibility index (Phi) is 6.76. The number of carbonyl (C=O) groups is 1. The summed E-state index contributed by atoms with van der Waals surface area (Å²) < 4.78 is 47.5. The summed E-state index contributed by atoms with van der Waals surface area (Å²) in [5.74, 6) is 0.213. The van der Waals surface area contributed by atoms with E-state index in [-0.39, 0.29) is 23.8 Å². The van der Waals surface area contributed by atoms with Gasteiger partial charge in [0.25, 0.3) is 5.56 Å². The van der Waals surface area contributed by atoms with Crippen molar-refractivity contribution in [1.29, 1.82) is 0 Å². The normalized spacial score (nSPS) is 15.4. The molecule has 0 unspecified atom stereocenters. The van der Waals surface area contributed by atoms with E-state index in [9.17, 15) is 22.8 Å². The fourth-order valence-electron chi connectivity index (χ4n) is 4.38. The summed E-state index contributed by atoms with van der Waals surface area (Å²) in [5, 5.41) is 0.550. The predicted octanol–water partition coefficient (Wildman–Crippen LogP) is 4.68. The number of alkyl halides is 3. The largest absolute Gasteiger partial charge is 0.444 e. The van der Waals surface area contributed by atoms with Gasteiger partial charge in [-0.15, -0.1) is 0 Å². The number of amides is 1. The van der Waals surface area contributed by atoms with Gasteiger partial charge in [-0.3, -0.25) is 14.3 Å². The number of hydrogen-bond acceptors (Lipinski definition) is 6. The Morgan fingerprint density at radius 2 is 1.86 bits per heavy atom. The minimum atomic E-state index is -4.61. The third-order valence-electron chi connectivity index (χ3n) is 6.07. The van der Waals surface area contributed by atoms with E-state index >= 15 is 0 Å². The summed E-state index contributed by atoms with van der Waals surface area (Å²) in [5.41, 5.74) is -1.48. The summed E-state index contributed by atoms with van der Waals surface area (Å²) in [6.45, 7) is 7.46. The molecule has 11 heteroatoms. The SMILES string of the molecule is Cc1ncc2cc(C3CCN(C(=O)OC(C)(C)C)CC3)c(=O)n(Cc3ncccc3C(F)(F)F)c2n1. The number of carbonyl (C=O) groups excluding carboxylic acids is 1. The first-order valence-electron chi connectivity index (χ1n) is 11.7. The highest BCUT2D eigenvalue weighted by molar-refractivity contribution is 5.75. The number of aromatic nitrogens is 4. The lowest BCUT2D eigenvalue weighted by atomic mass is 9.90. The lowest BCUT2D eigenvalue weighted by Crippen LogP contribution is -2.42. The Morgan fingerprint density at radius 3 is 2.50 bits per heavy atom. The van der Waals surface area contributed by atoms with Crippen LogP contribution in [0.25, 0.3) is 11.0 Å². The number of likely N-dealkylation sites (tertiary alicyclic amines) is 1. The van der Waals surface area contributed by atoms with Crippen LogP contribution in [0.3, 0.4) is 0 Å². The number of aryl methyl sites for hydroxylation is 1. The fraction of sp³-hybridized carbons (Fsp3) is 0.480. The highest BCUT2D eigenvalue weighted by Crippen LogP contribution is 2.32. The molecule has 0 aliphatic carbocycles. The quantitative estimate of drug-likeness (QED) is 0.516. The zero-order chi connectivity index (χ0) is 26.3. The number of ether oxygens (including phenoxy) is 1. The number of pyridine rings is 2. The molecule has 4 heterocycles. The summed E-state index contributed by atoms with van der Waals surface area (Å²) >= 11 is 0. The molecule has 1 saturated heterocycles. The second-order valence-electron chi connectivity index (χ2n) is 9.92. The van der Waals surface area contributed by atoms with E-state index in [1.807, 2.05) is 0 Å². The van der Waals surface area contributed by atoms with E-state index in [1.54, 1.807) is 44.9 Å². The molecule has 36 heavy (non-hydrogen) atoms. The predicted molar refractivity (Wildman–Crippen MR) is 127 cm³/mol. The van der Waals surface area contributed by atoms with Crippen molar-refractivity contribution in [2.45, 2.75) is 64.8 Å². The Labute approximate surface area is 206 Å². The number of hydrogen-bond donors (Lipinski definition) is 0. The van der Waals surface area contributed by atoms with Crippen molar-refractivity contribution in [3.05, 3.63) is 63.6 Å². The van der Waals surface area contributed by atoms with Crippen molar-refractivity contribution in [2.24, 2.45) is 0 Å². The fourth-order valence-corrected chi connectivity index (χ4v) is 4.38. The van der Waals surface area contributed by atoms with E-state index < -0.39 is 29.0 Å². The lowest BCUT2D eigenvalue weighted by molar-refractivity contribution is -0.138. The van der Waals surface area contributed by atoms with Crippen LogP contribution in [-0.4, -0.2) is 49.2 Å². The molecule has 3 aromatic heterocycles. The molecule has 1 aliphatic rings. The first-order chi connectivity index (χ1) is 16.8. The maximum atomic E-state index is 13.7. The first-order valence-corrected chi connectivity index (χ1v) is 11.7. The van der Waals surface area contributed by atoms with Gasteiger partial charge in [-0.05, 0) is 64.7 Å². The first kappa shape index (κ1) is 25.6. The molecule has 1 amide bonds. The number of nitrogens with zero attached hydrogens (tertiary/aromatic N) is 5. The third kappa shape index (κ3) is 5.50. The molecule has 4 rings (SSSR count). The van der Waals surface area contributed by atoms with E-state index in [0.717, 1.165) is 6.07 Å². The van der Waals surface area contributed by atoms with Crippen LogP contribution in [0.15, 0.2) is 35.4 Å². The van der Waals surface area contributed by atoms with Crippen LogP contribution >= 0.6 is 0 Å². The van der Waals surface area contributed by atoms with Crippen LogP contribution in [0.2, 0.25) is 0 Å². The topological polar surface area (TPSA) is 90.2 Å². The minimum absolute atomic E-state index is 0.182. The van der Waals surface area contributed by atoms with E-state index in [4.69, 9.17) is 4.74 Å². The monoisotopic (exact) mass is 503 g/mol. The second kappa shape index (κ2) is 9.51.